The first-order chi connectivity index (χ1) is 9.10. The van der Waals surface area contributed by atoms with Gasteiger partial charge in [-0.05, 0) is 12.1 Å². The monoisotopic (exact) mass is 269 g/mol. The molecule has 1 saturated heterocycles. The van der Waals surface area contributed by atoms with Gasteiger partial charge in [-0.3, -0.25) is 4.79 Å². The number of rotatable bonds is 2. The molecule has 0 spiro atoms. The first-order valence-corrected chi connectivity index (χ1v) is 5.80. The van der Waals surface area contributed by atoms with E-state index in [9.17, 15) is 18.4 Å². The molecule has 0 atom stereocenters. The maximum absolute atomic E-state index is 13.4. The smallest absolute Gasteiger partial charge is 0.322 e. The van der Waals surface area contributed by atoms with Gasteiger partial charge in [-0.1, -0.05) is 0 Å². The topological polar surface area (TPSA) is 52.7 Å². The van der Waals surface area contributed by atoms with E-state index in [1.807, 2.05) is 0 Å². The molecule has 3 amide bonds. The van der Waals surface area contributed by atoms with Gasteiger partial charge < -0.3 is 15.1 Å². The molecule has 1 aliphatic heterocycles. The molecule has 1 aliphatic rings. The third-order valence-corrected chi connectivity index (χ3v) is 2.92. The molecule has 0 saturated carbocycles. The number of nitrogens with zero attached hydrogens (tertiary/aromatic N) is 2. The van der Waals surface area contributed by atoms with Crippen molar-refractivity contribution in [3.05, 3.63) is 29.8 Å². The maximum Gasteiger partial charge on any atom is 0.322 e. The minimum atomic E-state index is -0.693. The van der Waals surface area contributed by atoms with Crippen molar-refractivity contribution in [2.24, 2.45) is 0 Å². The summed E-state index contributed by atoms with van der Waals surface area (Å²) in [6.45, 7) is 1.59. The average molecular weight is 269 g/mol. The molecule has 0 aliphatic carbocycles. The third-order valence-electron chi connectivity index (χ3n) is 2.92. The summed E-state index contributed by atoms with van der Waals surface area (Å²) in [6, 6.07) is 2.35. The van der Waals surface area contributed by atoms with Gasteiger partial charge in [0.05, 0.1) is 5.69 Å². The zero-order valence-electron chi connectivity index (χ0n) is 10.1. The largest absolute Gasteiger partial charge is 0.342 e. The molecule has 19 heavy (non-hydrogen) atoms. The van der Waals surface area contributed by atoms with E-state index < -0.39 is 17.7 Å². The molecule has 0 unspecified atom stereocenters. The van der Waals surface area contributed by atoms with Crippen molar-refractivity contribution >= 4 is 18.1 Å². The van der Waals surface area contributed by atoms with Gasteiger partial charge in [-0.15, -0.1) is 0 Å². The number of hydrogen-bond acceptors (Lipinski definition) is 2. The van der Waals surface area contributed by atoms with Gasteiger partial charge in [0.2, 0.25) is 6.41 Å². The Bertz CT molecular complexity index is 488. The minimum absolute atomic E-state index is 0.192. The molecule has 1 aromatic carbocycles. The van der Waals surface area contributed by atoms with Crippen LogP contribution < -0.4 is 5.32 Å². The Morgan fingerprint density at radius 1 is 1.21 bits per heavy atom. The maximum atomic E-state index is 13.4. The second kappa shape index (κ2) is 5.64. The number of piperazine rings is 1. The summed E-state index contributed by atoms with van der Waals surface area (Å²) in [6.07, 6.45) is 0.724. The molecule has 102 valence electrons. The van der Waals surface area contributed by atoms with Crippen LogP contribution >= 0.6 is 0 Å². The van der Waals surface area contributed by atoms with Crippen LogP contribution in [0.1, 0.15) is 0 Å². The summed E-state index contributed by atoms with van der Waals surface area (Å²) >= 11 is 0. The zero-order chi connectivity index (χ0) is 13.8. The fraction of sp³-hybridized carbons (Fsp3) is 0.333. The van der Waals surface area contributed by atoms with Gasteiger partial charge in [-0.25, -0.2) is 13.6 Å². The molecule has 2 rings (SSSR count). The van der Waals surface area contributed by atoms with Crippen LogP contribution in [-0.4, -0.2) is 48.4 Å². The Morgan fingerprint density at radius 3 is 2.53 bits per heavy atom. The molecule has 1 fully saturated rings. The van der Waals surface area contributed by atoms with E-state index in [1.165, 1.54) is 4.90 Å². The summed E-state index contributed by atoms with van der Waals surface area (Å²) in [7, 11) is 0. The summed E-state index contributed by atoms with van der Waals surface area (Å²) in [5, 5.41) is 2.32. The highest BCUT2D eigenvalue weighted by Crippen LogP contribution is 2.16. The standard InChI is InChI=1S/C12H13F2N3O2/c13-9-1-2-10(14)11(7-9)15-12(19)17-5-3-16(8-18)4-6-17/h1-2,7-8H,3-6H2,(H,15,19). The van der Waals surface area contributed by atoms with Gasteiger partial charge in [0.15, 0.2) is 0 Å². The second-order valence-corrected chi connectivity index (χ2v) is 4.18. The van der Waals surface area contributed by atoms with E-state index >= 15 is 0 Å². The number of anilines is 1. The fourth-order valence-corrected chi connectivity index (χ4v) is 1.82. The number of carbonyl (C=O) groups is 2. The quantitative estimate of drug-likeness (QED) is 0.822. The Hall–Kier alpha value is -2.18. The molecule has 1 heterocycles. The molecule has 0 radical (unpaired) electrons. The van der Waals surface area contributed by atoms with E-state index in [-0.39, 0.29) is 5.69 Å². The van der Waals surface area contributed by atoms with Gasteiger partial charge in [0, 0.05) is 32.2 Å². The number of halogens is 2. The highest BCUT2D eigenvalue weighted by Gasteiger charge is 2.20. The van der Waals surface area contributed by atoms with Crippen LogP contribution in [0.3, 0.4) is 0 Å². The zero-order valence-corrected chi connectivity index (χ0v) is 10.1. The molecule has 5 nitrogen and oxygen atoms in total. The Balaban J connectivity index is 1.98. The van der Waals surface area contributed by atoms with Gasteiger partial charge in [0.1, 0.15) is 11.6 Å². The van der Waals surface area contributed by atoms with E-state index in [4.69, 9.17) is 0 Å². The lowest BCUT2D eigenvalue weighted by molar-refractivity contribution is -0.119. The highest BCUT2D eigenvalue weighted by atomic mass is 19.1. The predicted molar refractivity (Wildman–Crippen MR) is 64.6 cm³/mol. The summed E-state index contributed by atoms with van der Waals surface area (Å²) in [5.74, 6) is -1.32. The van der Waals surface area contributed by atoms with Gasteiger partial charge in [0.25, 0.3) is 0 Å². The van der Waals surface area contributed by atoms with Crippen molar-refractivity contribution in [3.63, 3.8) is 0 Å². The van der Waals surface area contributed by atoms with Crippen molar-refractivity contribution in [1.82, 2.24) is 9.80 Å². The molecule has 7 heteroatoms. The number of benzene rings is 1. The average Bonchev–Trinajstić information content (AvgIpc) is 2.43. The normalized spacial score (nSPS) is 15.3. The van der Waals surface area contributed by atoms with Crippen LogP contribution in [0.4, 0.5) is 19.3 Å². The van der Waals surface area contributed by atoms with Crippen LogP contribution in [0.2, 0.25) is 0 Å². The van der Waals surface area contributed by atoms with E-state index in [0.717, 1.165) is 24.6 Å². The Kier molecular flexibility index (Phi) is 3.94. The van der Waals surface area contributed by atoms with Crippen molar-refractivity contribution in [2.75, 3.05) is 31.5 Å². The lowest BCUT2D eigenvalue weighted by Crippen LogP contribution is -2.49. The highest BCUT2D eigenvalue weighted by molar-refractivity contribution is 5.89. The lowest BCUT2D eigenvalue weighted by atomic mass is 10.3. The Morgan fingerprint density at radius 2 is 1.89 bits per heavy atom. The first kappa shape index (κ1) is 13.3. The van der Waals surface area contributed by atoms with Crippen LogP contribution in [0, 0.1) is 11.6 Å². The van der Waals surface area contributed by atoms with Crippen LogP contribution in [0.5, 0.6) is 0 Å². The van der Waals surface area contributed by atoms with Crippen LogP contribution in [-0.2, 0) is 4.79 Å². The summed E-state index contributed by atoms with van der Waals surface area (Å²) in [5.41, 5.74) is -0.192. The lowest BCUT2D eigenvalue weighted by Gasteiger charge is -2.32. The SMILES string of the molecule is O=CN1CCN(C(=O)Nc2cc(F)ccc2F)CC1. The van der Waals surface area contributed by atoms with E-state index in [1.54, 1.807) is 4.90 Å². The van der Waals surface area contributed by atoms with Crippen molar-refractivity contribution < 1.29 is 18.4 Å². The van der Waals surface area contributed by atoms with Gasteiger partial charge in [-0.2, -0.15) is 0 Å². The van der Waals surface area contributed by atoms with Crippen molar-refractivity contribution in [2.45, 2.75) is 0 Å². The first-order valence-electron chi connectivity index (χ1n) is 5.80. The van der Waals surface area contributed by atoms with Gasteiger partial charge >= 0.3 is 6.03 Å². The van der Waals surface area contributed by atoms with E-state index in [0.29, 0.717) is 26.2 Å². The van der Waals surface area contributed by atoms with E-state index in [2.05, 4.69) is 5.32 Å². The number of amides is 3. The fourth-order valence-electron chi connectivity index (χ4n) is 1.82. The van der Waals surface area contributed by atoms with Crippen molar-refractivity contribution in [1.29, 1.82) is 0 Å². The Labute approximate surface area is 108 Å². The second-order valence-electron chi connectivity index (χ2n) is 4.18. The number of nitrogens with one attached hydrogen (secondary N) is 1. The number of urea groups is 1. The molecule has 0 bridgehead atoms. The molecular formula is C12H13F2N3O2. The van der Waals surface area contributed by atoms with Crippen LogP contribution in [0.25, 0.3) is 0 Å². The summed E-state index contributed by atoms with van der Waals surface area (Å²) < 4.78 is 26.3. The number of carbonyl (C=O) groups excluding carboxylic acids is 2. The van der Waals surface area contributed by atoms with Crippen molar-refractivity contribution in [3.8, 4) is 0 Å². The molecular weight excluding hydrogens is 256 g/mol. The molecule has 1 N–H and O–H groups in total. The molecule has 1 aromatic rings. The predicted octanol–water partition coefficient (Wildman–Crippen LogP) is 1.27. The summed E-state index contributed by atoms with van der Waals surface area (Å²) in [4.78, 5) is 25.4. The molecule has 0 aromatic heterocycles. The minimum Gasteiger partial charge on any atom is -0.342 e. The third kappa shape index (κ3) is 3.18. The van der Waals surface area contributed by atoms with Crippen LogP contribution in [0.15, 0.2) is 18.2 Å². The number of hydrogen-bond donors (Lipinski definition) is 1.